The molecule has 0 aliphatic carbocycles. The number of fused-ring (bicyclic) bond motifs is 1. The Balaban J connectivity index is 2.06. The molecule has 1 heterocycles. The van der Waals surface area contributed by atoms with Crippen molar-refractivity contribution in [1.82, 2.24) is 5.32 Å². The molecule has 0 saturated heterocycles. The predicted molar refractivity (Wildman–Crippen MR) is 76.7 cm³/mol. The van der Waals surface area contributed by atoms with Crippen LogP contribution in [0.5, 0.6) is 0 Å². The molecule has 0 bridgehead atoms. The molecule has 19 heavy (non-hydrogen) atoms. The van der Waals surface area contributed by atoms with E-state index in [1.165, 1.54) is 5.56 Å². The van der Waals surface area contributed by atoms with Crippen molar-refractivity contribution in [2.45, 2.75) is 45.4 Å². The van der Waals surface area contributed by atoms with Crippen LogP contribution in [0, 0.1) is 0 Å². The Morgan fingerprint density at radius 3 is 2.95 bits per heavy atom. The van der Waals surface area contributed by atoms with Gasteiger partial charge in [-0.1, -0.05) is 0 Å². The first kappa shape index (κ1) is 14.0. The van der Waals surface area contributed by atoms with Crippen molar-refractivity contribution in [1.29, 1.82) is 0 Å². The summed E-state index contributed by atoms with van der Waals surface area (Å²) in [5.74, 6) is 0.0722. The van der Waals surface area contributed by atoms with E-state index in [1.807, 2.05) is 25.1 Å². The molecule has 1 aromatic carbocycles. The molecule has 1 aliphatic rings. The summed E-state index contributed by atoms with van der Waals surface area (Å²) < 4.78 is 0. The second kappa shape index (κ2) is 5.72. The second-order valence-electron chi connectivity index (χ2n) is 5.46. The Morgan fingerprint density at radius 2 is 2.26 bits per heavy atom. The maximum atomic E-state index is 12.3. The molecule has 0 saturated carbocycles. The van der Waals surface area contributed by atoms with Crippen LogP contribution in [-0.2, 0) is 6.42 Å². The van der Waals surface area contributed by atoms with Crippen LogP contribution in [0.3, 0.4) is 0 Å². The topological polar surface area (TPSA) is 61.4 Å². The first-order valence-corrected chi connectivity index (χ1v) is 6.82. The van der Waals surface area contributed by atoms with Gasteiger partial charge in [0.25, 0.3) is 0 Å². The number of hydrogen-bond acceptors (Lipinski definition) is 4. The van der Waals surface area contributed by atoms with Gasteiger partial charge in [-0.2, -0.15) is 0 Å². The minimum absolute atomic E-state index is 0.0722. The molecule has 0 amide bonds. The Hall–Kier alpha value is -1.39. The van der Waals surface area contributed by atoms with E-state index in [0.29, 0.717) is 12.6 Å². The predicted octanol–water partition coefficient (Wildman–Crippen LogP) is 1.58. The highest BCUT2D eigenvalue weighted by Crippen LogP contribution is 2.26. The Bertz CT molecular complexity index is 471. The van der Waals surface area contributed by atoms with Crippen molar-refractivity contribution in [3.05, 3.63) is 29.3 Å². The largest absolute Gasteiger partial charge is 0.392 e. The summed E-state index contributed by atoms with van der Waals surface area (Å²) in [6, 6.07) is 5.99. The molecule has 0 aromatic heterocycles. The lowest BCUT2D eigenvalue weighted by Gasteiger charge is -2.14. The van der Waals surface area contributed by atoms with Crippen LogP contribution in [-0.4, -0.2) is 35.6 Å². The zero-order valence-electron chi connectivity index (χ0n) is 11.7. The Labute approximate surface area is 114 Å². The molecule has 4 nitrogen and oxygen atoms in total. The third-order valence-electron chi connectivity index (χ3n) is 3.43. The standard InChI is InChI=1S/C15H22N2O2/c1-9-6-13-7-12(4-5-14(13)17-9)15(19)11(3)16-8-10(2)18/h4-5,7,9-11,16-18H,6,8H2,1-3H3. The molecule has 1 aliphatic heterocycles. The molecule has 1 aromatic rings. The van der Waals surface area contributed by atoms with E-state index >= 15 is 0 Å². The van der Waals surface area contributed by atoms with E-state index in [4.69, 9.17) is 0 Å². The van der Waals surface area contributed by atoms with E-state index in [1.54, 1.807) is 6.92 Å². The van der Waals surface area contributed by atoms with Crippen molar-refractivity contribution in [3.8, 4) is 0 Å². The lowest BCUT2D eigenvalue weighted by atomic mass is 10.0. The van der Waals surface area contributed by atoms with Gasteiger partial charge in [0.2, 0.25) is 0 Å². The number of aliphatic hydroxyl groups is 1. The second-order valence-corrected chi connectivity index (χ2v) is 5.46. The summed E-state index contributed by atoms with van der Waals surface area (Å²) in [6.07, 6.45) is 0.520. The number of carbonyl (C=O) groups excluding carboxylic acids is 1. The summed E-state index contributed by atoms with van der Waals surface area (Å²) in [6.45, 7) is 6.09. The fourth-order valence-corrected chi connectivity index (χ4v) is 2.39. The Kier molecular flexibility index (Phi) is 4.22. The first-order valence-electron chi connectivity index (χ1n) is 6.82. The molecule has 3 atom stereocenters. The minimum atomic E-state index is -0.444. The third-order valence-corrected chi connectivity index (χ3v) is 3.43. The van der Waals surface area contributed by atoms with Crippen LogP contribution < -0.4 is 10.6 Å². The molecule has 104 valence electrons. The summed E-state index contributed by atoms with van der Waals surface area (Å²) in [5.41, 5.74) is 3.08. The first-order chi connectivity index (χ1) is 8.97. The number of hydrogen-bond donors (Lipinski definition) is 3. The van der Waals surface area contributed by atoms with E-state index in [9.17, 15) is 9.90 Å². The van der Waals surface area contributed by atoms with Crippen molar-refractivity contribution in [3.63, 3.8) is 0 Å². The molecule has 0 spiro atoms. The van der Waals surface area contributed by atoms with Crippen LogP contribution in [0.2, 0.25) is 0 Å². The Morgan fingerprint density at radius 1 is 1.53 bits per heavy atom. The number of benzene rings is 1. The van der Waals surface area contributed by atoms with Gasteiger partial charge in [-0.05, 0) is 51.0 Å². The molecule has 2 rings (SSSR count). The smallest absolute Gasteiger partial charge is 0.179 e. The van der Waals surface area contributed by atoms with E-state index in [-0.39, 0.29) is 11.8 Å². The number of ketones is 1. The van der Waals surface area contributed by atoms with Crippen LogP contribution in [0.4, 0.5) is 5.69 Å². The van der Waals surface area contributed by atoms with Gasteiger partial charge in [-0.15, -0.1) is 0 Å². The molecule has 3 N–H and O–H groups in total. The van der Waals surface area contributed by atoms with Crippen LogP contribution in [0.1, 0.15) is 36.7 Å². The third kappa shape index (κ3) is 3.33. The van der Waals surface area contributed by atoms with Gasteiger partial charge in [0, 0.05) is 23.8 Å². The zero-order valence-corrected chi connectivity index (χ0v) is 11.7. The van der Waals surface area contributed by atoms with Crippen LogP contribution in [0.25, 0.3) is 0 Å². The van der Waals surface area contributed by atoms with Gasteiger partial charge in [0.1, 0.15) is 0 Å². The number of anilines is 1. The summed E-state index contributed by atoms with van der Waals surface area (Å²) in [5, 5.41) is 15.6. The molecular formula is C15H22N2O2. The highest BCUT2D eigenvalue weighted by Gasteiger charge is 2.20. The number of carbonyl (C=O) groups is 1. The molecule has 0 radical (unpaired) electrons. The normalized spacial score (nSPS) is 20.5. The number of Topliss-reactive ketones (excluding diaryl/α,β-unsaturated/α-hetero) is 1. The van der Waals surface area contributed by atoms with Crippen molar-refractivity contribution in [2.75, 3.05) is 11.9 Å². The number of aliphatic hydroxyl groups excluding tert-OH is 1. The highest BCUT2D eigenvalue weighted by atomic mass is 16.3. The maximum absolute atomic E-state index is 12.3. The quantitative estimate of drug-likeness (QED) is 0.705. The van der Waals surface area contributed by atoms with Crippen molar-refractivity contribution < 1.29 is 9.90 Å². The summed E-state index contributed by atoms with van der Waals surface area (Å²) in [7, 11) is 0. The molecule has 4 heteroatoms. The fraction of sp³-hybridized carbons (Fsp3) is 0.533. The number of rotatable bonds is 5. The monoisotopic (exact) mass is 262 g/mol. The van der Waals surface area contributed by atoms with Gasteiger partial charge in [0.15, 0.2) is 5.78 Å². The van der Waals surface area contributed by atoms with Gasteiger partial charge in [0.05, 0.1) is 12.1 Å². The van der Waals surface area contributed by atoms with E-state index in [0.717, 1.165) is 17.7 Å². The van der Waals surface area contributed by atoms with Gasteiger partial charge in [-0.25, -0.2) is 0 Å². The van der Waals surface area contributed by atoms with Crippen molar-refractivity contribution >= 4 is 11.5 Å². The van der Waals surface area contributed by atoms with Crippen LogP contribution >= 0.6 is 0 Å². The highest BCUT2D eigenvalue weighted by molar-refractivity contribution is 6.00. The van der Waals surface area contributed by atoms with Gasteiger partial charge in [-0.3, -0.25) is 4.79 Å². The van der Waals surface area contributed by atoms with Gasteiger partial charge >= 0.3 is 0 Å². The average molecular weight is 262 g/mol. The van der Waals surface area contributed by atoms with Crippen LogP contribution in [0.15, 0.2) is 18.2 Å². The summed E-state index contributed by atoms with van der Waals surface area (Å²) >= 11 is 0. The molecule has 0 fully saturated rings. The zero-order chi connectivity index (χ0) is 14.0. The molecule has 3 unspecified atom stereocenters. The average Bonchev–Trinajstić information content (AvgIpc) is 2.73. The van der Waals surface area contributed by atoms with Crippen molar-refractivity contribution in [2.24, 2.45) is 0 Å². The fourth-order valence-electron chi connectivity index (χ4n) is 2.39. The number of nitrogens with one attached hydrogen (secondary N) is 2. The SMILES string of the molecule is CC(O)CNC(C)C(=O)c1ccc2c(c1)CC(C)N2. The lowest BCUT2D eigenvalue weighted by Crippen LogP contribution is -2.38. The van der Waals surface area contributed by atoms with E-state index < -0.39 is 6.10 Å². The minimum Gasteiger partial charge on any atom is -0.392 e. The van der Waals surface area contributed by atoms with Gasteiger partial charge < -0.3 is 15.7 Å². The summed E-state index contributed by atoms with van der Waals surface area (Å²) in [4.78, 5) is 12.3. The lowest BCUT2D eigenvalue weighted by molar-refractivity contribution is 0.0941. The molecular weight excluding hydrogens is 240 g/mol. The maximum Gasteiger partial charge on any atom is 0.179 e. The van der Waals surface area contributed by atoms with E-state index in [2.05, 4.69) is 17.6 Å².